The van der Waals surface area contributed by atoms with Crippen LogP contribution < -0.4 is 14.8 Å². The van der Waals surface area contributed by atoms with E-state index in [1.165, 1.54) is 6.92 Å². The summed E-state index contributed by atoms with van der Waals surface area (Å²) in [5.41, 5.74) is 2.90. The second kappa shape index (κ2) is 13.2. The van der Waals surface area contributed by atoms with Gasteiger partial charge in [0, 0.05) is 43.6 Å². The Kier molecular flexibility index (Phi) is 10.0. The second-order valence-electron chi connectivity index (χ2n) is 8.44. The molecule has 0 radical (unpaired) electrons. The highest BCUT2D eigenvalue weighted by atomic mass is 32.2. The molecule has 192 valence electrons. The van der Waals surface area contributed by atoms with Crippen molar-refractivity contribution in [3.8, 4) is 0 Å². The molecule has 1 amide bonds. The van der Waals surface area contributed by atoms with Gasteiger partial charge < -0.3 is 25.2 Å². The van der Waals surface area contributed by atoms with Crippen molar-refractivity contribution in [3.63, 3.8) is 0 Å². The van der Waals surface area contributed by atoms with Crippen LogP contribution in [0.15, 0.2) is 48.8 Å². The van der Waals surface area contributed by atoms with Crippen molar-refractivity contribution < 1.29 is 33.9 Å². The van der Waals surface area contributed by atoms with E-state index in [4.69, 9.17) is 4.74 Å². The summed E-state index contributed by atoms with van der Waals surface area (Å²) in [5, 5.41) is 22.0. The predicted molar refractivity (Wildman–Crippen MR) is 138 cm³/mol. The number of carbonyl (C=O) groups excluding carboxylic acids is 3. The number of β-amino-alcohol motifs (C(OH)–C–C–N with tert-alkyl or cyclic N) is 2. The third-order valence-electron chi connectivity index (χ3n) is 5.59. The van der Waals surface area contributed by atoms with Gasteiger partial charge in [0.1, 0.15) is 6.04 Å². The number of benzene rings is 1. The molecule has 1 saturated heterocycles. The summed E-state index contributed by atoms with van der Waals surface area (Å²) in [6.07, 6.45) is 6.04. The highest BCUT2D eigenvalue weighted by molar-refractivity contribution is 8.13. The number of anilines is 1. The number of hydrogen-bond donors (Lipinski definition) is 3. The van der Waals surface area contributed by atoms with Gasteiger partial charge in [0.05, 0.1) is 18.8 Å². The number of ether oxygens (including phenoxy) is 1. The van der Waals surface area contributed by atoms with Gasteiger partial charge in [0.15, 0.2) is 17.5 Å². The van der Waals surface area contributed by atoms with E-state index in [9.17, 15) is 24.6 Å². The van der Waals surface area contributed by atoms with Crippen LogP contribution in [0, 0.1) is 0 Å². The Morgan fingerprint density at radius 1 is 1.08 bits per heavy atom. The molecule has 0 spiro atoms. The monoisotopic (exact) mass is 514 g/mol. The molecule has 3 unspecified atom stereocenters. The van der Waals surface area contributed by atoms with Gasteiger partial charge in [-0.05, 0) is 30.2 Å². The molecular formula is C26H32N3O6S+. The molecule has 1 fully saturated rings. The minimum absolute atomic E-state index is 0.0198. The maximum Gasteiger partial charge on any atom is 0.329 e. The van der Waals surface area contributed by atoms with Gasteiger partial charge in [-0.2, -0.15) is 4.57 Å². The minimum atomic E-state index is -0.888. The fourth-order valence-corrected chi connectivity index (χ4v) is 4.29. The van der Waals surface area contributed by atoms with Crippen LogP contribution in [0.5, 0.6) is 0 Å². The number of hydrogen-bond acceptors (Lipinski definition) is 8. The number of pyridine rings is 1. The van der Waals surface area contributed by atoms with Crippen LogP contribution in [0.25, 0.3) is 12.2 Å². The average Bonchev–Trinajstić information content (AvgIpc) is 3.19. The molecular weight excluding hydrogens is 482 g/mol. The third-order valence-corrected chi connectivity index (χ3v) is 6.49. The third kappa shape index (κ3) is 8.18. The zero-order valence-corrected chi connectivity index (χ0v) is 21.2. The highest BCUT2D eigenvalue weighted by Crippen LogP contribution is 2.22. The number of nitrogens with zero attached hydrogens (tertiary/aromatic N) is 2. The summed E-state index contributed by atoms with van der Waals surface area (Å²) in [6, 6.07) is 10.7. The molecule has 1 aliphatic heterocycles. The maximum absolute atomic E-state index is 12.5. The number of aliphatic hydroxyl groups is 2. The smallest absolute Gasteiger partial charge is 0.329 e. The van der Waals surface area contributed by atoms with Crippen molar-refractivity contribution in [1.82, 2.24) is 5.32 Å². The van der Waals surface area contributed by atoms with E-state index < -0.39 is 24.2 Å². The molecule has 0 bridgehead atoms. The summed E-state index contributed by atoms with van der Waals surface area (Å²) < 4.78 is 6.69. The number of amides is 1. The largest absolute Gasteiger partial charge is 0.464 e. The number of esters is 1. The van der Waals surface area contributed by atoms with Gasteiger partial charge in [0.2, 0.25) is 6.54 Å². The number of nitrogens with one attached hydrogen (secondary N) is 1. The molecule has 1 aromatic heterocycles. The lowest BCUT2D eigenvalue weighted by Gasteiger charge is -2.17. The topological polar surface area (TPSA) is 120 Å². The number of thioether (sulfide) groups is 1. The lowest BCUT2D eigenvalue weighted by molar-refractivity contribution is -0.684. The Labute approximate surface area is 214 Å². The molecule has 36 heavy (non-hydrogen) atoms. The van der Waals surface area contributed by atoms with Gasteiger partial charge in [-0.1, -0.05) is 36.0 Å². The molecule has 10 heteroatoms. The van der Waals surface area contributed by atoms with Crippen molar-refractivity contribution in [2.75, 3.05) is 30.3 Å². The first-order chi connectivity index (χ1) is 17.2. The van der Waals surface area contributed by atoms with Crippen molar-refractivity contribution in [2.24, 2.45) is 0 Å². The lowest BCUT2D eigenvalue weighted by Crippen LogP contribution is -2.49. The lowest BCUT2D eigenvalue weighted by atomic mass is 10.1. The Balaban J connectivity index is 1.53. The average molecular weight is 515 g/mol. The van der Waals surface area contributed by atoms with Crippen LogP contribution in [-0.4, -0.2) is 70.9 Å². The first-order valence-electron chi connectivity index (χ1n) is 11.7. The summed E-state index contributed by atoms with van der Waals surface area (Å²) in [5.74, 6) is -0.797. The van der Waals surface area contributed by atoms with Crippen LogP contribution >= 0.6 is 11.8 Å². The standard InChI is InChI=1S/C26H31N3O6S/c1-3-35-26(34)22(17-36-18(2)30)27-25(33)16-28-12-10-20(11-13-28)5-4-19-6-8-21(9-7-19)29-14-23(31)24(32)15-29/h4-13,22-24,31-32H,3,14-17H2,1-2H3/p+1. The van der Waals surface area contributed by atoms with Crippen molar-refractivity contribution in [3.05, 3.63) is 59.9 Å². The minimum Gasteiger partial charge on any atom is -0.464 e. The molecule has 3 N–H and O–H groups in total. The van der Waals surface area contributed by atoms with E-state index in [1.54, 1.807) is 23.9 Å². The first-order valence-corrected chi connectivity index (χ1v) is 12.7. The quantitative estimate of drug-likeness (QED) is 0.318. The van der Waals surface area contributed by atoms with Crippen LogP contribution in [0.4, 0.5) is 5.69 Å². The fourth-order valence-electron chi connectivity index (χ4n) is 3.67. The molecule has 1 aromatic carbocycles. The Bertz CT molecular complexity index is 1060. The zero-order valence-electron chi connectivity index (χ0n) is 20.4. The first kappa shape index (κ1) is 27.4. The van der Waals surface area contributed by atoms with Crippen LogP contribution in [0.1, 0.15) is 25.0 Å². The molecule has 0 saturated carbocycles. The van der Waals surface area contributed by atoms with Gasteiger partial charge in [-0.3, -0.25) is 9.59 Å². The molecule has 3 atom stereocenters. The van der Waals surface area contributed by atoms with E-state index in [0.717, 1.165) is 28.6 Å². The highest BCUT2D eigenvalue weighted by Gasteiger charge is 2.29. The molecule has 0 aliphatic carbocycles. The molecule has 9 nitrogen and oxygen atoms in total. The number of aliphatic hydroxyl groups excluding tert-OH is 2. The fraction of sp³-hybridized carbons (Fsp3) is 0.385. The van der Waals surface area contributed by atoms with E-state index in [2.05, 4.69) is 5.32 Å². The van der Waals surface area contributed by atoms with Gasteiger partial charge in [-0.15, -0.1) is 0 Å². The number of aromatic nitrogens is 1. The molecule has 1 aliphatic rings. The predicted octanol–water partition coefficient (Wildman–Crippen LogP) is 1.01. The van der Waals surface area contributed by atoms with Crippen molar-refractivity contribution in [2.45, 2.75) is 38.6 Å². The van der Waals surface area contributed by atoms with Crippen LogP contribution in [0.2, 0.25) is 0 Å². The molecule has 2 aromatic rings. The van der Waals surface area contributed by atoms with Crippen molar-refractivity contribution in [1.29, 1.82) is 0 Å². The molecule has 2 heterocycles. The zero-order chi connectivity index (χ0) is 26.1. The number of carbonyl (C=O) groups is 3. The van der Waals surface area contributed by atoms with Crippen LogP contribution in [0.3, 0.4) is 0 Å². The van der Waals surface area contributed by atoms with Gasteiger partial charge in [-0.25, -0.2) is 4.79 Å². The van der Waals surface area contributed by atoms with E-state index >= 15 is 0 Å². The Morgan fingerprint density at radius 3 is 2.22 bits per heavy atom. The normalized spacial score (nSPS) is 18.3. The Hall–Kier alpha value is -3.21. The summed E-state index contributed by atoms with van der Waals surface area (Å²) in [7, 11) is 0. The van der Waals surface area contributed by atoms with E-state index in [-0.39, 0.29) is 29.9 Å². The maximum atomic E-state index is 12.5. The van der Waals surface area contributed by atoms with Crippen molar-refractivity contribution >= 4 is 46.6 Å². The number of rotatable bonds is 10. The van der Waals surface area contributed by atoms with Gasteiger partial charge in [0.25, 0.3) is 5.91 Å². The summed E-state index contributed by atoms with van der Waals surface area (Å²) in [4.78, 5) is 37.7. The Morgan fingerprint density at radius 2 is 1.67 bits per heavy atom. The van der Waals surface area contributed by atoms with E-state index in [0.29, 0.717) is 13.1 Å². The second-order valence-corrected chi connectivity index (χ2v) is 9.64. The van der Waals surface area contributed by atoms with E-state index in [1.807, 2.05) is 53.5 Å². The summed E-state index contributed by atoms with van der Waals surface area (Å²) >= 11 is 0.963. The van der Waals surface area contributed by atoms with Crippen LogP contribution in [-0.2, 0) is 25.7 Å². The molecule has 3 rings (SSSR count). The SMILES string of the molecule is CCOC(=O)C(CSC(C)=O)NC(=O)C[n+]1ccc(C=Cc2ccc(N3CC(O)C(O)C3)cc2)cc1. The summed E-state index contributed by atoms with van der Waals surface area (Å²) in [6.45, 7) is 4.13. The van der Waals surface area contributed by atoms with Gasteiger partial charge >= 0.3 is 5.97 Å².